The van der Waals surface area contributed by atoms with Crippen LogP contribution in [0.3, 0.4) is 0 Å². The van der Waals surface area contributed by atoms with Crippen molar-refractivity contribution in [3.63, 3.8) is 0 Å². The second-order valence-electron chi connectivity index (χ2n) is 4.44. The van der Waals surface area contributed by atoms with E-state index >= 15 is 0 Å². The maximum Gasteiger partial charge on any atom is 0.284 e. The lowest BCUT2D eigenvalue weighted by molar-refractivity contribution is 0.251. The van der Waals surface area contributed by atoms with Crippen LogP contribution in [0.1, 0.15) is 24.4 Å². The van der Waals surface area contributed by atoms with Gasteiger partial charge in [0.1, 0.15) is 11.5 Å². The van der Waals surface area contributed by atoms with Crippen molar-refractivity contribution in [1.29, 1.82) is 0 Å². The lowest BCUT2D eigenvalue weighted by Gasteiger charge is -2.21. The Labute approximate surface area is 118 Å². The van der Waals surface area contributed by atoms with Crippen LogP contribution in [0.25, 0.3) is 0 Å². The zero-order valence-electron chi connectivity index (χ0n) is 10.4. The molecule has 7 heteroatoms. The van der Waals surface area contributed by atoms with Gasteiger partial charge in [0.05, 0.1) is 12.3 Å². The average molecular weight is 309 g/mol. The van der Waals surface area contributed by atoms with Crippen molar-refractivity contribution < 1.29 is 17.4 Å². The van der Waals surface area contributed by atoms with Gasteiger partial charge in [-0.2, -0.15) is 8.78 Å². The third kappa shape index (κ3) is 5.24. The molecule has 1 fully saturated rings. The first-order valence-corrected chi connectivity index (χ1v) is 8.73. The highest BCUT2D eigenvalue weighted by Crippen LogP contribution is 2.21. The minimum absolute atomic E-state index is 0.195. The predicted octanol–water partition coefficient (Wildman–Crippen LogP) is 2.74. The van der Waals surface area contributed by atoms with E-state index < -0.39 is 16.6 Å². The maximum atomic E-state index is 12.0. The summed E-state index contributed by atoms with van der Waals surface area (Å²) >= 11 is 0.563. The normalized spacial score (nSPS) is 23.9. The van der Waals surface area contributed by atoms with Crippen LogP contribution in [-0.4, -0.2) is 27.5 Å². The summed E-state index contributed by atoms with van der Waals surface area (Å²) in [5.74, 6) is 0.677. The van der Waals surface area contributed by atoms with Crippen molar-refractivity contribution in [1.82, 2.24) is 5.32 Å². The molecule has 0 saturated carbocycles. The molecule has 1 N–H and O–H groups in total. The summed E-state index contributed by atoms with van der Waals surface area (Å²) in [5, 5.41) is 3.35. The van der Waals surface area contributed by atoms with E-state index in [-0.39, 0.29) is 5.75 Å². The van der Waals surface area contributed by atoms with Crippen molar-refractivity contribution in [3.05, 3.63) is 23.7 Å². The molecule has 3 nitrogen and oxygen atoms in total. The zero-order chi connectivity index (χ0) is 13.7. The summed E-state index contributed by atoms with van der Waals surface area (Å²) in [6.45, 7) is 0.594. The Morgan fingerprint density at radius 1 is 1.37 bits per heavy atom. The lowest BCUT2D eigenvalue weighted by atomic mass is 10.1. The smallest absolute Gasteiger partial charge is 0.284 e. The molecule has 1 aliphatic heterocycles. The summed E-state index contributed by atoms with van der Waals surface area (Å²) in [4.78, 5) is 0. The van der Waals surface area contributed by atoms with Crippen molar-refractivity contribution in [2.45, 2.75) is 36.9 Å². The molecule has 0 amide bonds. The fraction of sp³-hybridized carbons (Fsp3) is 0.667. The Morgan fingerprint density at radius 3 is 2.74 bits per heavy atom. The standard InChI is InChI=1S/C12H17F2NO2S2/c13-12(14)18-8-11-2-1-10(17-11)7-15-9-3-5-19(16)6-4-9/h1-2,9,12,15H,3-8H2. The molecule has 2 rings (SSSR count). The number of rotatable bonds is 6. The van der Waals surface area contributed by atoms with Crippen molar-refractivity contribution in [2.75, 3.05) is 11.5 Å². The number of nitrogens with one attached hydrogen (secondary N) is 1. The van der Waals surface area contributed by atoms with Gasteiger partial charge in [-0.3, -0.25) is 4.21 Å². The monoisotopic (exact) mass is 309 g/mol. The first kappa shape index (κ1) is 15.0. The number of furan rings is 1. The predicted molar refractivity (Wildman–Crippen MR) is 73.7 cm³/mol. The highest BCUT2D eigenvalue weighted by Gasteiger charge is 2.17. The van der Waals surface area contributed by atoms with Crippen LogP contribution in [0.5, 0.6) is 0 Å². The SMILES string of the molecule is O=S1CCC(NCc2ccc(CSC(F)F)o2)CC1. The quantitative estimate of drug-likeness (QED) is 0.877. The molecular weight excluding hydrogens is 292 g/mol. The van der Waals surface area contributed by atoms with Crippen LogP contribution >= 0.6 is 11.8 Å². The van der Waals surface area contributed by atoms with Gasteiger partial charge in [-0.15, -0.1) is 0 Å². The third-order valence-electron chi connectivity index (χ3n) is 3.02. The topological polar surface area (TPSA) is 42.2 Å². The Hall–Kier alpha value is -0.400. The van der Waals surface area contributed by atoms with E-state index in [1.807, 2.05) is 6.07 Å². The Morgan fingerprint density at radius 2 is 2.05 bits per heavy atom. The van der Waals surface area contributed by atoms with E-state index in [9.17, 15) is 13.0 Å². The van der Waals surface area contributed by atoms with Crippen LogP contribution in [0.15, 0.2) is 16.5 Å². The Bertz CT molecular complexity index is 416. The van der Waals surface area contributed by atoms with Crippen LogP contribution < -0.4 is 5.32 Å². The molecule has 0 aliphatic carbocycles. The Kier molecular flexibility index (Phi) is 5.84. The van der Waals surface area contributed by atoms with E-state index in [4.69, 9.17) is 4.42 Å². The molecule has 0 aromatic carbocycles. The van der Waals surface area contributed by atoms with Crippen molar-refractivity contribution in [3.8, 4) is 0 Å². The van der Waals surface area contributed by atoms with Gasteiger partial charge in [0, 0.05) is 28.3 Å². The van der Waals surface area contributed by atoms with Crippen LogP contribution in [-0.2, 0) is 23.1 Å². The van der Waals surface area contributed by atoms with E-state index in [0.29, 0.717) is 30.1 Å². The summed E-state index contributed by atoms with van der Waals surface area (Å²) < 4.78 is 40.8. The van der Waals surface area contributed by atoms with Crippen molar-refractivity contribution >= 4 is 22.6 Å². The van der Waals surface area contributed by atoms with Crippen LogP contribution in [0, 0.1) is 0 Å². The molecule has 1 aromatic rings. The average Bonchev–Trinajstić information content (AvgIpc) is 2.84. The summed E-state index contributed by atoms with van der Waals surface area (Å²) in [7, 11) is -0.649. The number of hydrogen-bond donors (Lipinski definition) is 1. The molecule has 19 heavy (non-hydrogen) atoms. The largest absolute Gasteiger partial charge is 0.464 e. The van der Waals surface area contributed by atoms with E-state index in [1.165, 1.54) is 0 Å². The molecule has 108 valence electrons. The molecule has 1 saturated heterocycles. The molecule has 0 bridgehead atoms. The van der Waals surface area contributed by atoms with Gasteiger partial charge in [0.2, 0.25) is 0 Å². The number of halogens is 2. The van der Waals surface area contributed by atoms with Crippen LogP contribution in [0.2, 0.25) is 0 Å². The maximum absolute atomic E-state index is 12.0. The van der Waals surface area contributed by atoms with Gasteiger partial charge < -0.3 is 9.73 Å². The second-order valence-corrected chi connectivity index (χ2v) is 7.12. The molecule has 2 heterocycles. The first-order valence-electron chi connectivity index (χ1n) is 6.19. The minimum atomic E-state index is -2.37. The van der Waals surface area contributed by atoms with Gasteiger partial charge in [-0.25, -0.2) is 0 Å². The molecule has 0 radical (unpaired) electrons. The molecule has 1 aliphatic rings. The van der Waals surface area contributed by atoms with Gasteiger partial charge in [-0.05, 0) is 25.0 Å². The number of hydrogen-bond acceptors (Lipinski definition) is 4. The number of thioether (sulfide) groups is 1. The fourth-order valence-corrected chi connectivity index (χ4v) is 3.73. The lowest BCUT2D eigenvalue weighted by Crippen LogP contribution is -2.35. The molecule has 0 unspecified atom stereocenters. The zero-order valence-corrected chi connectivity index (χ0v) is 12.1. The summed E-state index contributed by atoms with van der Waals surface area (Å²) in [6.07, 6.45) is 1.84. The van der Waals surface area contributed by atoms with E-state index in [0.717, 1.165) is 30.1 Å². The Balaban J connectivity index is 1.72. The molecule has 0 spiro atoms. The van der Waals surface area contributed by atoms with E-state index in [2.05, 4.69) is 5.32 Å². The molecular formula is C12H17F2NO2S2. The molecule has 0 atom stereocenters. The minimum Gasteiger partial charge on any atom is -0.464 e. The highest BCUT2D eigenvalue weighted by molar-refractivity contribution is 7.98. The second kappa shape index (κ2) is 7.40. The van der Waals surface area contributed by atoms with E-state index in [1.54, 1.807) is 6.07 Å². The fourth-order valence-electron chi connectivity index (χ4n) is 1.98. The summed E-state index contributed by atoms with van der Waals surface area (Å²) in [5.41, 5.74) is 0. The van der Waals surface area contributed by atoms with Crippen molar-refractivity contribution in [2.24, 2.45) is 0 Å². The van der Waals surface area contributed by atoms with Gasteiger partial charge in [-0.1, -0.05) is 11.8 Å². The summed E-state index contributed by atoms with van der Waals surface area (Å²) in [6, 6.07) is 3.93. The highest BCUT2D eigenvalue weighted by atomic mass is 32.2. The number of alkyl halides is 2. The molecule has 1 aromatic heterocycles. The van der Waals surface area contributed by atoms with Crippen LogP contribution in [0.4, 0.5) is 8.78 Å². The van der Waals surface area contributed by atoms with Gasteiger partial charge in [0.25, 0.3) is 5.76 Å². The van der Waals surface area contributed by atoms with Gasteiger partial charge >= 0.3 is 0 Å². The first-order chi connectivity index (χ1) is 9.13. The van der Waals surface area contributed by atoms with Gasteiger partial charge in [0.15, 0.2) is 0 Å². The third-order valence-corrected chi connectivity index (χ3v) is 5.11.